The zero-order valence-corrected chi connectivity index (χ0v) is 12.5. The van der Waals surface area contributed by atoms with E-state index in [1.807, 2.05) is 6.92 Å². The van der Waals surface area contributed by atoms with Crippen LogP contribution in [0.1, 0.15) is 29.8 Å². The molecule has 1 aromatic heterocycles. The van der Waals surface area contributed by atoms with Crippen molar-refractivity contribution in [2.24, 2.45) is 0 Å². The Hall–Kier alpha value is -2.62. The van der Waals surface area contributed by atoms with Crippen LogP contribution in [-0.4, -0.2) is 10.2 Å². The minimum atomic E-state index is 0.554. The number of rotatable bonds is 4. The molecule has 0 saturated heterocycles. The van der Waals surface area contributed by atoms with Gasteiger partial charge in [0.05, 0.1) is 6.54 Å². The second kappa shape index (κ2) is 5.30. The van der Waals surface area contributed by atoms with Crippen molar-refractivity contribution in [3.05, 3.63) is 65.4 Å². The van der Waals surface area contributed by atoms with E-state index in [4.69, 9.17) is 4.42 Å². The maximum Gasteiger partial charge on any atom is 0.235 e. The summed E-state index contributed by atoms with van der Waals surface area (Å²) in [5.74, 6) is 1.31. The fraction of sp³-hybridized carbons (Fsp3) is 0.222. The van der Waals surface area contributed by atoms with Crippen LogP contribution in [0.15, 0.2) is 46.9 Å². The summed E-state index contributed by atoms with van der Waals surface area (Å²) in [6.07, 6.45) is 1.77. The Balaban J connectivity index is 1.52. The zero-order valence-electron chi connectivity index (χ0n) is 12.5. The summed E-state index contributed by atoms with van der Waals surface area (Å²) in [6.45, 7) is 2.56. The highest BCUT2D eigenvalue weighted by atomic mass is 16.4. The monoisotopic (exact) mass is 291 g/mol. The minimum absolute atomic E-state index is 0.554. The molecular weight excluding hydrogens is 274 g/mol. The van der Waals surface area contributed by atoms with Crippen molar-refractivity contribution >= 4 is 5.69 Å². The number of hydrogen-bond acceptors (Lipinski definition) is 4. The number of nitrogens with zero attached hydrogens (tertiary/aromatic N) is 2. The second-order valence-corrected chi connectivity index (χ2v) is 5.50. The standard InChI is InChI=1S/C18H17N3O/c1-2-17-20-21-18(22-17)11-19-14-7-8-16-13(10-14)9-12-5-3-4-6-15(12)16/h3-8,10,19H,2,9,11H2,1H3. The maximum atomic E-state index is 5.51. The molecule has 2 aromatic carbocycles. The molecule has 0 amide bonds. The molecule has 0 spiro atoms. The van der Waals surface area contributed by atoms with Gasteiger partial charge in [0, 0.05) is 12.1 Å². The number of aryl methyl sites for hydroxylation is 1. The lowest BCUT2D eigenvalue weighted by atomic mass is 10.1. The third-order valence-corrected chi connectivity index (χ3v) is 4.05. The molecule has 4 nitrogen and oxygen atoms in total. The van der Waals surface area contributed by atoms with Gasteiger partial charge in [-0.3, -0.25) is 0 Å². The molecule has 0 aliphatic heterocycles. The first-order valence-corrected chi connectivity index (χ1v) is 7.60. The van der Waals surface area contributed by atoms with Crippen LogP contribution >= 0.6 is 0 Å². The van der Waals surface area contributed by atoms with Crippen molar-refractivity contribution in [3.8, 4) is 11.1 Å². The average Bonchev–Trinajstić information content (AvgIpc) is 3.16. The molecule has 0 atom stereocenters. The summed E-state index contributed by atoms with van der Waals surface area (Å²) < 4.78 is 5.51. The number of benzene rings is 2. The SMILES string of the molecule is CCc1nnc(CNc2ccc3c(c2)Cc2ccccc2-3)o1. The molecule has 22 heavy (non-hydrogen) atoms. The summed E-state index contributed by atoms with van der Waals surface area (Å²) in [4.78, 5) is 0. The number of anilines is 1. The van der Waals surface area contributed by atoms with Crippen LogP contribution in [0, 0.1) is 0 Å². The molecule has 0 fully saturated rings. The Morgan fingerprint density at radius 3 is 2.68 bits per heavy atom. The summed E-state index contributed by atoms with van der Waals surface area (Å²) >= 11 is 0. The van der Waals surface area contributed by atoms with Crippen LogP contribution in [0.2, 0.25) is 0 Å². The fourth-order valence-corrected chi connectivity index (χ4v) is 2.94. The Kier molecular flexibility index (Phi) is 3.15. The zero-order chi connectivity index (χ0) is 14.9. The van der Waals surface area contributed by atoms with Gasteiger partial charge in [-0.15, -0.1) is 10.2 Å². The molecule has 4 heteroatoms. The van der Waals surface area contributed by atoms with Gasteiger partial charge in [-0.05, 0) is 40.8 Å². The van der Waals surface area contributed by atoms with Gasteiger partial charge in [0.25, 0.3) is 0 Å². The summed E-state index contributed by atoms with van der Waals surface area (Å²) in [5.41, 5.74) is 6.55. The van der Waals surface area contributed by atoms with Crippen LogP contribution in [0.25, 0.3) is 11.1 Å². The normalized spacial score (nSPS) is 12.0. The molecule has 4 rings (SSSR count). The van der Waals surface area contributed by atoms with Gasteiger partial charge in [0.15, 0.2) is 0 Å². The summed E-state index contributed by atoms with van der Waals surface area (Å²) in [7, 11) is 0. The first-order valence-electron chi connectivity index (χ1n) is 7.60. The van der Waals surface area contributed by atoms with E-state index in [9.17, 15) is 0 Å². The lowest BCUT2D eigenvalue weighted by Gasteiger charge is -2.06. The Bertz CT molecular complexity index is 823. The highest BCUT2D eigenvalue weighted by Crippen LogP contribution is 2.37. The van der Waals surface area contributed by atoms with Gasteiger partial charge in [-0.25, -0.2) is 0 Å². The maximum absolute atomic E-state index is 5.51. The van der Waals surface area contributed by atoms with E-state index >= 15 is 0 Å². The van der Waals surface area contributed by atoms with Crippen LogP contribution in [0.3, 0.4) is 0 Å². The molecule has 0 radical (unpaired) electrons. The molecule has 1 N–H and O–H groups in total. The molecule has 1 aliphatic carbocycles. The Labute approximate surface area is 129 Å². The van der Waals surface area contributed by atoms with Gasteiger partial charge in [0.1, 0.15) is 0 Å². The van der Waals surface area contributed by atoms with Crippen molar-refractivity contribution in [2.75, 3.05) is 5.32 Å². The Morgan fingerprint density at radius 2 is 1.82 bits per heavy atom. The van der Waals surface area contributed by atoms with E-state index in [1.54, 1.807) is 0 Å². The van der Waals surface area contributed by atoms with Crippen LogP contribution in [-0.2, 0) is 19.4 Å². The number of fused-ring (bicyclic) bond motifs is 3. The van der Waals surface area contributed by atoms with Crippen molar-refractivity contribution in [1.29, 1.82) is 0 Å². The first kappa shape index (κ1) is 13.1. The van der Waals surface area contributed by atoms with E-state index in [1.165, 1.54) is 22.3 Å². The van der Waals surface area contributed by atoms with Crippen molar-refractivity contribution in [2.45, 2.75) is 26.3 Å². The van der Waals surface area contributed by atoms with E-state index in [-0.39, 0.29) is 0 Å². The summed E-state index contributed by atoms with van der Waals surface area (Å²) in [6, 6.07) is 15.1. The van der Waals surface area contributed by atoms with Gasteiger partial charge in [-0.1, -0.05) is 37.3 Å². The molecule has 0 bridgehead atoms. The van der Waals surface area contributed by atoms with E-state index < -0.39 is 0 Å². The molecule has 1 aliphatic rings. The molecule has 3 aromatic rings. The van der Waals surface area contributed by atoms with Crippen molar-refractivity contribution < 1.29 is 4.42 Å². The first-order chi connectivity index (χ1) is 10.8. The van der Waals surface area contributed by atoms with Gasteiger partial charge in [0.2, 0.25) is 11.8 Å². The van der Waals surface area contributed by atoms with Gasteiger partial charge < -0.3 is 9.73 Å². The van der Waals surface area contributed by atoms with Crippen molar-refractivity contribution in [1.82, 2.24) is 10.2 Å². The van der Waals surface area contributed by atoms with E-state index in [0.717, 1.165) is 18.5 Å². The molecular formula is C18H17N3O. The third-order valence-electron chi connectivity index (χ3n) is 4.05. The lowest BCUT2D eigenvalue weighted by Crippen LogP contribution is -2.00. The summed E-state index contributed by atoms with van der Waals surface area (Å²) in [5, 5.41) is 11.4. The van der Waals surface area contributed by atoms with Crippen LogP contribution in [0.5, 0.6) is 0 Å². The second-order valence-electron chi connectivity index (χ2n) is 5.50. The topological polar surface area (TPSA) is 51.0 Å². The van der Waals surface area contributed by atoms with Crippen LogP contribution in [0.4, 0.5) is 5.69 Å². The minimum Gasteiger partial charge on any atom is -0.423 e. The molecule has 0 saturated carbocycles. The molecule has 0 unspecified atom stereocenters. The van der Waals surface area contributed by atoms with Gasteiger partial charge >= 0.3 is 0 Å². The number of aromatic nitrogens is 2. The predicted molar refractivity (Wildman–Crippen MR) is 85.7 cm³/mol. The third kappa shape index (κ3) is 2.26. The van der Waals surface area contributed by atoms with Crippen molar-refractivity contribution in [3.63, 3.8) is 0 Å². The predicted octanol–water partition coefficient (Wildman–Crippen LogP) is 3.82. The van der Waals surface area contributed by atoms with Crippen LogP contribution < -0.4 is 5.32 Å². The number of hydrogen-bond donors (Lipinski definition) is 1. The van der Waals surface area contributed by atoms with Gasteiger partial charge in [-0.2, -0.15) is 0 Å². The Morgan fingerprint density at radius 1 is 1.00 bits per heavy atom. The molecule has 110 valence electrons. The average molecular weight is 291 g/mol. The smallest absolute Gasteiger partial charge is 0.235 e. The quantitative estimate of drug-likeness (QED) is 0.621. The van der Waals surface area contributed by atoms with E-state index in [0.29, 0.717) is 18.3 Å². The molecule has 1 heterocycles. The number of nitrogens with one attached hydrogen (secondary N) is 1. The fourth-order valence-electron chi connectivity index (χ4n) is 2.94. The van der Waals surface area contributed by atoms with E-state index in [2.05, 4.69) is 58.0 Å². The highest BCUT2D eigenvalue weighted by Gasteiger charge is 2.17. The largest absolute Gasteiger partial charge is 0.423 e. The highest BCUT2D eigenvalue weighted by molar-refractivity contribution is 5.78. The lowest BCUT2D eigenvalue weighted by molar-refractivity contribution is 0.460.